The van der Waals surface area contributed by atoms with Gasteiger partial charge in [-0.3, -0.25) is 4.79 Å². The lowest BCUT2D eigenvalue weighted by Crippen LogP contribution is -2.26. The van der Waals surface area contributed by atoms with Crippen LogP contribution in [0.4, 0.5) is 20.2 Å². The van der Waals surface area contributed by atoms with Gasteiger partial charge in [-0.05, 0) is 48.4 Å². The molecule has 0 atom stereocenters. The summed E-state index contributed by atoms with van der Waals surface area (Å²) in [4.78, 5) is 16.2. The molecule has 7 heteroatoms. The molecular weight excluding hydrogens is 372 g/mol. The molecule has 0 radical (unpaired) electrons. The second-order valence-corrected chi connectivity index (χ2v) is 6.19. The fourth-order valence-electron chi connectivity index (χ4n) is 2.45. The van der Waals surface area contributed by atoms with Gasteiger partial charge in [0.2, 0.25) is 0 Å². The van der Waals surface area contributed by atoms with Crippen molar-refractivity contribution in [1.29, 1.82) is 0 Å². The van der Waals surface area contributed by atoms with E-state index in [0.29, 0.717) is 29.9 Å². The molecule has 0 fully saturated rings. The molecule has 138 valence electrons. The summed E-state index contributed by atoms with van der Waals surface area (Å²) in [7, 11) is 0. The summed E-state index contributed by atoms with van der Waals surface area (Å²) in [5, 5.41) is 5.74. The first-order chi connectivity index (χ1) is 13.0. The molecule has 1 amide bonds. The number of nitrogens with zero attached hydrogens (tertiary/aromatic N) is 1. The first-order valence-electron chi connectivity index (χ1n) is 8.22. The number of hydrogen-bond donors (Lipinski definition) is 2. The third-order valence-corrected chi connectivity index (χ3v) is 4.13. The maximum Gasteiger partial charge on any atom is 0.269 e. The van der Waals surface area contributed by atoms with Crippen LogP contribution in [0.1, 0.15) is 16.1 Å². The van der Waals surface area contributed by atoms with E-state index in [1.807, 2.05) is 0 Å². The van der Waals surface area contributed by atoms with E-state index in [1.54, 1.807) is 36.4 Å². The molecule has 0 bridgehead atoms. The van der Waals surface area contributed by atoms with Crippen molar-refractivity contribution in [2.24, 2.45) is 0 Å². The molecule has 0 unspecified atom stereocenters. The first-order valence-corrected chi connectivity index (χ1v) is 8.60. The van der Waals surface area contributed by atoms with Crippen LogP contribution in [0.25, 0.3) is 0 Å². The zero-order chi connectivity index (χ0) is 19.2. The second-order valence-electron chi connectivity index (χ2n) is 5.78. The van der Waals surface area contributed by atoms with Crippen molar-refractivity contribution in [3.8, 4) is 0 Å². The second kappa shape index (κ2) is 8.60. The van der Waals surface area contributed by atoms with Crippen LogP contribution in [0.2, 0.25) is 5.02 Å². The van der Waals surface area contributed by atoms with Crippen molar-refractivity contribution in [3.63, 3.8) is 0 Å². The van der Waals surface area contributed by atoms with Gasteiger partial charge in [-0.15, -0.1) is 0 Å². The van der Waals surface area contributed by atoms with Gasteiger partial charge in [-0.1, -0.05) is 29.8 Å². The Morgan fingerprint density at radius 1 is 1.00 bits per heavy atom. The fraction of sp³-hybridized carbons (Fsp3) is 0.100. The van der Waals surface area contributed by atoms with E-state index in [-0.39, 0.29) is 22.4 Å². The molecular formula is C20H16ClF2N3O. The number of halogens is 3. The van der Waals surface area contributed by atoms with Gasteiger partial charge in [0.25, 0.3) is 5.91 Å². The maximum absolute atomic E-state index is 13.5. The van der Waals surface area contributed by atoms with Crippen molar-refractivity contribution in [2.75, 3.05) is 11.9 Å². The minimum absolute atomic E-state index is 0.0128. The SMILES string of the molecule is O=C(NCCc1ccccc1F)c1ccc(Nc2ccc(F)c(Cl)c2)cn1. The molecule has 0 saturated carbocycles. The quantitative estimate of drug-likeness (QED) is 0.643. The smallest absolute Gasteiger partial charge is 0.269 e. The monoisotopic (exact) mass is 387 g/mol. The molecule has 0 aliphatic heterocycles. The largest absolute Gasteiger partial charge is 0.354 e. The van der Waals surface area contributed by atoms with Gasteiger partial charge >= 0.3 is 0 Å². The number of carbonyl (C=O) groups is 1. The molecule has 2 N–H and O–H groups in total. The van der Waals surface area contributed by atoms with Crippen LogP contribution in [0, 0.1) is 11.6 Å². The Hall–Kier alpha value is -2.99. The average molecular weight is 388 g/mol. The first kappa shape index (κ1) is 18.8. The average Bonchev–Trinajstić information content (AvgIpc) is 2.67. The van der Waals surface area contributed by atoms with Gasteiger partial charge in [-0.25, -0.2) is 13.8 Å². The molecule has 3 rings (SSSR count). The predicted molar refractivity (Wildman–Crippen MR) is 101 cm³/mol. The van der Waals surface area contributed by atoms with Gasteiger partial charge in [0.05, 0.1) is 16.9 Å². The minimum Gasteiger partial charge on any atom is -0.354 e. The maximum atomic E-state index is 13.5. The topological polar surface area (TPSA) is 54.0 Å². The summed E-state index contributed by atoms with van der Waals surface area (Å²) >= 11 is 5.74. The van der Waals surface area contributed by atoms with Crippen LogP contribution in [-0.2, 0) is 6.42 Å². The molecule has 4 nitrogen and oxygen atoms in total. The number of carbonyl (C=O) groups excluding carboxylic acids is 1. The van der Waals surface area contributed by atoms with E-state index in [4.69, 9.17) is 11.6 Å². The van der Waals surface area contributed by atoms with Crippen LogP contribution in [0.3, 0.4) is 0 Å². The van der Waals surface area contributed by atoms with E-state index >= 15 is 0 Å². The van der Waals surface area contributed by atoms with Crippen LogP contribution in [0.15, 0.2) is 60.8 Å². The summed E-state index contributed by atoms with van der Waals surface area (Å²) in [6.45, 7) is 0.301. The number of amides is 1. The molecule has 2 aromatic carbocycles. The third-order valence-electron chi connectivity index (χ3n) is 3.84. The Kier molecular flexibility index (Phi) is 5.98. The fourth-order valence-corrected chi connectivity index (χ4v) is 2.63. The molecule has 1 aromatic heterocycles. The lowest BCUT2D eigenvalue weighted by molar-refractivity contribution is 0.0949. The normalized spacial score (nSPS) is 10.5. The van der Waals surface area contributed by atoms with Gasteiger partial charge in [0, 0.05) is 12.2 Å². The molecule has 0 aliphatic carbocycles. The minimum atomic E-state index is -0.497. The van der Waals surface area contributed by atoms with E-state index in [2.05, 4.69) is 15.6 Å². The van der Waals surface area contributed by atoms with Crippen LogP contribution in [-0.4, -0.2) is 17.4 Å². The number of anilines is 2. The third kappa shape index (κ3) is 5.01. The molecule has 1 heterocycles. The number of rotatable bonds is 6. The molecule has 0 spiro atoms. The Morgan fingerprint density at radius 2 is 1.78 bits per heavy atom. The molecule has 3 aromatic rings. The van der Waals surface area contributed by atoms with Crippen molar-refractivity contribution in [1.82, 2.24) is 10.3 Å². The molecule has 27 heavy (non-hydrogen) atoms. The summed E-state index contributed by atoms with van der Waals surface area (Å²) < 4.78 is 26.7. The molecule has 0 aliphatic rings. The van der Waals surface area contributed by atoms with E-state index < -0.39 is 5.82 Å². The highest BCUT2D eigenvalue weighted by Gasteiger charge is 2.08. The summed E-state index contributed by atoms with van der Waals surface area (Å²) in [5.41, 5.74) is 2.01. The lowest BCUT2D eigenvalue weighted by atomic mass is 10.1. The summed E-state index contributed by atoms with van der Waals surface area (Å²) in [6.07, 6.45) is 1.88. The van der Waals surface area contributed by atoms with E-state index in [9.17, 15) is 13.6 Å². The van der Waals surface area contributed by atoms with Gasteiger partial charge in [-0.2, -0.15) is 0 Å². The molecule has 0 saturated heterocycles. The van der Waals surface area contributed by atoms with Crippen LogP contribution < -0.4 is 10.6 Å². The van der Waals surface area contributed by atoms with Crippen molar-refractivity contribution >= 4 is 28.9 Å². The van der Waals surface area contributed by atoms with Crippen molar-refractivity contribution < 1.29 is 13.6 Å². The Balaban J connectivity index is 1.55. The standard InChI is InChI=1S/C20H16ClF2N3O/c21-16-11-14(5-7-18(16)23)26-15-6-8-19(25-12-15)20(27)24-10-9-13-3-1-2-4-17(13)22/h1-8,11-12,26H,9-10H2,(H,24,27). The Labute approximate surface area is 160 Å². The lowest BCUT2D eigenvalue weighted by Gasteiger charge is -2.08. The summed E-state index contributed by atoms with van der Waals surface area (Å²) in [5.74, 6) is -1.13. The van der Waals surface area contributed by atoms with E-state index in [1.165, 1.54) is 24.4 Å². The van der Waals surface area contributed by atoms with Crippen LogP contribution in [0.5, 0.6) is 0 Å². The zero-order valence-electron chi connectivity index (χ0n) is 14.2. The number of nitrogens with one attached hydrogen (secondary N) is 2. The number of benzene rings is 2. The Bertz CT molecular complexity index is 948. The van der Waals surface area contributed by atoms with Gasteiger partial charge in [0.15, 0.2) is 0 Å². The summed E-state index contributed by atoms with van der Waals surface area (Å²) in [6, 6.07) is 13.9. The highest BCUT2D eigenvalue weighted by atomic mass is 35.5. The van der Waals surface area contributed by atoms with Gasteiger partial charge < -0.3 is 10.6 Å². The van der Waals surface area contributed by atoms with Gasteiger partial charge in [0.1, 0.15) is 17.3 Å². The Morgan fingerprint density at radius 3 is 2.48 bits per heavy atom. The van der Waals surface area contributed by atoms with Crippen LogP contribution >= 0.6 is 11.6 Å². The number of hydrogen-bond acceptors (Lipinski definition) is 3. The van der Waals surface area contributed by atoms with Crippen molar-refractivity contribution in [3.05, 3.63) is 88.7 Å². The highest BCUT2D eigenvalue weighted by molar-refractivity contribution is 6.31. The highest BCUT2D eigenvalue weighted by Crippen LogP contribution is 2.22. The number of aromatic nitrogens is 1. The number of pyridine rings is 1. The van der Waals surface area contributed by atoms with E-state index in [0.717, 1.165) is 0 Å². The van der Waals surface area contributed by atoms with Crippen molar-refractivity contribution in [2.45, 2.75) is 6.42 Å². The zero-order valence-corrected chi connectivity index (χ0v) is 14.9. The predicted octanol–water partition coefficient (Wildman–Crippen LogP) is 4.73.